The second-order valence-corrected chi connectivity index (χ2v) is 9.23. The first kappa shape index (κ1) is 23.7. The van der Waals surface area contributed by atoms with Crippen LogP contribution < -0.4 is 20.1 Å². The third-order valence-corrected chi connectivity index (χ3v) is 6.82. The number of amides is 1. The molecule has 0 aliphatic heterocycles. The van der Waals surface area contributed by atoms with Crippen molar-refractivity contribution in [3.05, 3.63) is 72.8 Å². The van der Waals surface area contributed by atoms with Crippen LogP contribution in [-0.2, 0) is 4.79 Å². The van der Waals surface area contributed by atoms with Crippen molar-refractivity contribution in [1.82, 2.24) is 0 Å². The first-order chi connectivity index (χ1) is 18.6. The van der Waals surface area contributed by atoms with Crippen molar-refractivity contribution in [3.63, 3.8) is 0 Å². The van der Waals surface area contributed by atoms with Gasteiger partial charge in [0.2, 0.25) is 5.91 Å². The van der Waals surface area contributed by atoms with Gasteiger partial charge in [0.25, 0.3) is 0 Å². The number of furan rings is 2. The van der Waals surface area contributed by atoms with Crippen molar-refractivity contribution in [2.75, 3.05) is 31.4 Å². The van der Waals surface area contributed by atoms with Gasteiger partial charge in [-0.3, -0.25) is 4.79 Å². The summed E-state index contributed by atoms with van der Waals surface area (Å²) in [6.45, 7) is 0.698. The lowest BCUT2D eigenvalue weighted by molar-refractivity contribution is -0.116. The molecule has 0 spiro atoms. The summed E-state index contributed by atoms with van der Waals surface area (Å²) in [6.07, 6.45) is 1.93. The molecule has 7 heteroatoms. The molecule has 0 aliphatic carbocycles. The Hall–Kier alpha value is -4.65. The van der Waals surface area contributed by atoms with Crippen molar-refractivity contribution in [1.29, 1.82) is 0 Å². The Balaban J connectivity index is 1.07. The third kappa shape index (κ3) is 4.36. The van der Waals surface area contributed by atoms with E-state index in [9.17, 15) is 4.79 Å². The van der Waals surface area contributed by atoms with Crippen LogP contribution in [0.3, 0.4) is 0 Å². The largest absolute Gasteiger partial charge is 0.495 e. The topological polar surface area (TPSA) is 85.9 Å². The maximum atomic E-state index is 12.7. The summed E-state index contributed by atoms with van der Waals surface area (Å²) in [5.74, 6) is 1.29. The minimum atomic E-state index is -0.0694. The van der Waals surface area contributed by atoms with E-state index in [0.29, 0.717) is 30.0 Å². The summed E-state index contributed by atoms with van der Waals surface area (Å²) in [6, 6.07) is 23.5. The molecule has 0 atom stereocenters. The molecule has 0 bridgehead atoms. The third-order valence-electron chi connectivity index (χ3n) is 6.82. The number of fused-ring (bicyclic) bond motifs is 6. The molecule has 2 heterocycles. The van der Waals surface area contributed by atoms with Crippen LogP contribution in [0.2, 0.25) is 0 Å². The predicted molar refractivity (Wildman–Crippen MR) is 152 cm³/mol. The van der Waals surface area contributed by atoms with E-state index < -0.39 is 0 Å². The summed E-state index contributed by atoms with van der Waals surface area (Å²) < 4.78 is 23.1. The number of anilines is 2. The van der Waals surface area contributed by atoms with Gasteiger partial charge < -0.3 is 28.9 Å². The number of ether oxygens (including phenoxy) is 2. The standard InChI is InChI=1S/C31H28N2O5/c1-35-29-15-21-19-9-3-5-11-25(19)37-27(21)17-23(29)32-14-8-7-13-31(34)33-24-18-28-22(16-30(24)36-2)20-10-4-6-12-26(20)38-28/h3-6,9-12,15-18,32H,7-8,13-14H2,1-2H3,(H,33,34). The molecule has 6 aromatic rings. The number of rotatable bonds is 9. The zero-order chi connectivity index (χ0) is 26.1. The van der Waals surface area contributed by atoms with Crippen LogP contribution in [0.15, 0.2) is 81.6 Å². The summed E-state index contributed by atoms with van der Waals surface area (Å²) in [7, 11) is 3.26. The molecule has 4 aromatic carbocycles. The lowest BCUT2D eigenvalue weighted by Crippen LogP contribution is -2.13. The van der Waals surface area contributed by atoms with E-state index in [1.165, 1.54) is 0 Å². The molecule has 1 amide bonds. The van der Waals surface area contributed by atoms with E-state index in [-0.39, 0.29) is 5.91 Å². The van der Waals surface area contributed by atoms with Crippen LogP contribution in [0.1, 0.15) is 19.3 Å². The predicted octanol–water partition coefficient (Wildman–Crippen LogP) is 7.72. The summed E-state index contributed by atoms with van der Waals surface area (Å²) in [4.78, 5) is 12.7. The van der Waals surface area contributed by atoms with E-state index in [0.717, 1.165) is 62.6 Å². The number of nitrogens with one attached hydrogen (secondary N) is 2. The van der Waals surface area contributed by atoms with Crippen molar-refractivity contribution >= 4 is 61.2 Å². The average molecular weight is 509 g/mol. The summed E-state index contributed by atoms with van der Waals surface area (Å²) in [5, 5.41) is 10.5. The Morgan fingerprint density at radius 2 is 1.24 bits per heavy atom. The Morgan fingerprint density at radius 3 is 1.84 bits per heavy atom. The van der Waals surface area contributed by atoms with Gasteiger partial charge in [-0.25, -0.2) is 0 Å². The molecule has 2 aromatic heterocycles. The number of hydrogen-bond donors (Lipinski definition) is 2. The van der Waals surface area contributed by atoms with Crippen LogP contribution >= 0.6 is 0 Å². The number of unbranched alkanes of at least 4 members (excludes halogenated alkanes) is 1. The quantitative estimate of drug-likeness (QED) is 0.194. The molecule has 0 fully saturated rings. The van der Waals surface area contributed by atoms with Crippen LogP contribution in [0, 0.1) is 0 Å². The highest BCUT2D eigenvalue weighted by molar-refractivity contribution is 6.08. The van der Waals surface area contributed by atoms with E-state index in [2.05, 4.69) is 10.6 Å². The molecular weight excluding hydrogens is 480 g/mol. The molecule has 0 unspecified atom stereocenters. The van der Waals surface area contributed by atoms with Crippen LogP contribution in [0.4, 0.5) is 11.4 Å². The Morgan fingerprint density at radius 1 is 0.684 bits per heavy atom. The van der Waals surface area contributed by atoms with Gasteiger partial charge in [-0.15, -0.1) is 0 Å². The molecule has 2 N–H and O–H groups in total. The summed E-state index contributed by atoms with van der Waals surface area (Å²) in [5.41, 5.74) is 4.64. The molecule has 6 rings (SSSR count). The maximum Gasteiger partial charge on any atom is 0.224 e. The van der Waals surface area contributed by atoms with Gasteiger partial charge in [0.15, 0.2) is 0 Å². The van der Waals surface area contributed by atoms with Gasteiger partial charge in [-0.2, -0.15) is 0 Å². The number of para-hydroxylation sites is 2. The zero-order valence-electron chi connectivity index (χ0n) is 21.3. The van der Waals surface area contributed by atoms with Crippen LogP contribution in [-0.4, -0.2) is 26.7 Å². The minimum absolute atomic E-state index is 0.0694. The highest BCUT2D eigenvalue weighted by atomic mass is 16.5. The number of methoxy groups -OCH3 is 2. The van der Waals surface area contributed by atoms with Gasteiger partial charge in [0.1, 0.15) is 33.8 Å². The van der Waals surface area contributed by atoms with E-state index in [4.69, 9.17) is 18.3 Å². The molecule has 0 saturated heterocycles. The monoisotopic (exact) mass is 508 g/mol. The number of carbonyl (C=O) groups excluding carboxylic acids is 1. The fourth-order valence-electron chi connectivity index (χ4n) is 4.92. The molecule has 192 valence electrons. The molecule has 0 aliphatic rings. The summed E-state index contributed by atoms with van der Waals surface area (Å²) >= 11 is 0. The lowest BCUT2D eigenvalue weighted by atomic mass is 10.1. The Kier molecular flexibility index (Phi) is 6.25. The molecule has 0 radical (unpaired) electrons. The molecular formula is C31H28N2O5. The Bertz CT molecular complexity index is 1780. The smallest absolute Gasteiger partial charge is 0.224 e. The minimum Gasteiger partial charge on any atom is -0.495 e. The van der Waals surface area contributed by atoms with E-state index >= 15 is 0 Å². The zero-order valence-corrected chi connectivity index (χ0v) is 21.3. The Labute approximate surface area is 219 Å². The lowest BCUT2D eigenvalue weighted by Gasteiger charge is -2.12. The number of benzene rings is 4. The van der Waals surface area contributed by atoms with E-state index in [1.807, 2.05) is 72.8 Å². The SMILES string of the molecule is COc1cc2c(cc1NCCCCC(=O)Nc1cc3oc4ccccc4c3cc1OC)oc1ccccc12. The van der Waals surface area contributed by atoms with Gasteiger partial charge in [0, 0.05) is 46.6 Å². The highest BCUT2D eigenvalue weighted by Crippen LogP contribution is 2.37. The molecule has 0 saturated carbocycles. The van der Waals surface area contributed by atoms with Crippen molar-refractivity contribution in [2.24, 2.45) is 0 Å². The second-order valence-electron chi connectivity index (χ2n) is 9.23. The second kappa shape index (κ2) is 10.0. The van der Waals surface area contributed by atoms with Crippen LogP contribution in [0.25, 0.3) is 43.9 Å². The van der Waals surface area contributed by atoms with Gasteiger partial charge in [-0.1, -0.05) is 36.4 Å². The van der Waals surface area contributed by atoms with Gasteiger partial charge in [-0.05, 0) is 37.1 Å². The fraction of sp³-hybridized carbons (Fsp3) is 0.194. The normalized spacial score (nSPS) is 11.4. The molecule has 38 heavy (non-hydrogen) atoms. The fourth-order valence-corrected chi connectivity index (χ4v) is 4.92. The maximum absolute atomic E-state index is 12.7. The average Bonchev–Trinajstić information content (AvgIpc) is 3.48. The first-order valence-electron chi connectivity index (χ1n) is 12.7. The van der Waals surface area contributed by atoms with Crippen LogP contribution in [0.5, 0.6) is 11.5 Å². The number of hydrogen-bond acceptors (Lipinski definition) is 6. The van der Waals surface area contributed by atoms with Crippen molar-refractivity contribution in [2.45, 2.75) is 19.3 Å². The number of carbonyl (C=O) groups is 1. The molecule has 7 nitrogen and oxygen atoms in total. The van der Waals surface area contributed by atoms with Crippen molar-refractivity contribution < 1.29 is 23.1 Å². The van der Waals surface area contributed by atoms with Crippen molar-refractivity contribution in [3.8, 4) is 11.5 Å². The van der Waals surface area contributed by atoms with Gasteiger partial charge in [0.05, 0.1) is 25.6 Å². The van der Waals surface area contributed by atoms with E-state index in [1.54, 1.807) is 14.2 Å². The highest BCUT2D eigenvalue weighted by Gasteiger charge is 2.15. The first-order valence-corrected chi connectivity index (χ1v) is 12.7. The van der Waals surface area contributed by atoms with Gasteiger partial charge >= 0.3 is 0 Å².